The number of nitrogens with one attached hydrogen (secondary N) is 1. The molecule has 2 aliphatic heterocycles. The molecule has 3 amide bonds. The van der Waals surface area contributed by atoms with Crippen LogP contribution in [0.15, 0.2) is 24.3 Å². The van der Waals surface area contributed by atoms with Crippen LogP contribution in [-0.4, -0.2) is 67.7 Å². The van der Waals surface area contributed by atoms with Crippen molar-refractivity contribution < 1.29 is 14.3 Å². The summed E-state index contributed by atoms with van der Waals surface area (Å²) in [5.41, 5.74) is 6.25. The zero-order valence-electron chi connectivity index (χ0n) is 14.4. The van der Waals surface area contributed by atoms with Crippen molar-refractivity contribution in [2.24, 2.45) is 11.7 Å². The Labute approximate surface area is 148 Å². The van der Waals surface area contributed by atoms with Crippen LogP contribution in [0.4, 0.5) is 10.5 Å². The number of piperidine rings is 1. The van der Waals surface area contributed by atoms with Gasteiger partial charge in [0, 0.05) is 44.0 Å². The fourth-order valence-corrected chi connectivity index (χ4v) is 3.52. The van der Waals surface area contributed by atoms with Crippen LogP contribution in [-0.2, 0) is 4.74 Å². The molecular formula is C18H26N4O3. The molecule has 0 atom stereocenters. The first-order valence-corrected chi connectivity index (χ1v) is 8.88. The molecule has 0 aliphatic carbocycles. The van der Waals surface area contributed by atoms with Gasteiger partial charge in [-0.2, -0.15) is 0 Å². The Morgan fingerprint density at radius 2 is 1.88 bits per heavy atom. The van der Waals surface area contributed by atoms with E-state index in [1.54, 1.807) is 24.3 Å². The summed E-state index contributed by atoms with van der Waals surface area (Å²) in [6.07, 6.45) is 2.06. The topological polar surface area (TPSA) is 87.9 Å². The standard InChI is InChI=1S/C18H26N4O3/c19-18(24)20-16-3-1-2-15(12-16)17(23)22-6-4-14(5-7-22)13-21-8-10-25-11-9-21/h1-3,12,14H,4-11,13H2,(H3,19,20,24). The summed E-state index contributed by atoms with van der Waals surface area (Å²) in [6, 6.07) is 6.29. The van der Waals surface area contributed by atoms with Crippen LogP contribution in [0, 0.1) is 5.92 Å². The monoisotopic (exact) mass is 346 g/mol. The van der Waals surface area contributed by atoms with Crippen LogP contribution in [0.1, 0.15) is 23.2 Å². The maximum atomic E-state index is 12.7. The van der Waals surface area contributed by atoms with Crippen LogP contribution in [0.25, 0.3) is 0 Å². The minimum Gasteiger partial charge on any atom is -0.379 e. The van der Waals surface area contributed by atoms with Crippen molar-refractivity contribution in [3.05, 3.63) is 29.8 Å². The van der Waals surface area contributed by atoms with E-state index in [0.717, 1.165) is 58.8 Å². The van der Waals surface area contributed by atoms with E-state index in [-0.39, 0.29) is 5.91 Å². The minimum atomic E-state index is -0.631. The molecular weight excluding hydrogens is 320 g/mol. The zero-order chi connectivity index (χ0) is 17.6. The van der Waals surface area contributed by atoms with Gasteiger partial charge in [0.2, 0.25) is 0 Å². The van der Waals surface area contributed by atoms with Gasteiger partial charge >= 0.3 is 6.03 Å². The quantitative estimate of drug-likeness (QED) is 0.862. The molecule has 7 heteroatoms. The first kappa shape index (κ1) is 17.7. The first-order valence-electron chi connectivity index (χ1n) is 8.88. The fourth-order valence-electron chi connectivity index (χ4n) is 3.52. The highest BCUT2D eigenvalue weighted by Crippen LogP contribution is 2.21. The Balaban J connectivity index is 1.52. The largest absolute Gasteiger partial charge is 0.379 e. The average Bonchev–Trinajstić information content (AvgIpc) is 2.62. The molecule has 25 heavy (non-hydrogen) atoms. The number of hydrogen-bond donors (Lipinski definition) is 2. The normalized spacial score (nSPS) is 19.6. The van der Waals surface area contributed by atoms with E-state index >= 15 is 0 Å². The molecule has 136 valence electrons. The Bertz CT molecular complexity index is 608. The maximum absolute atomic E-state index is 12.7. The van der Waals surface area contributed by atoms with Crippen molar-refractivity contribution in [3.8, 4) is 0 Å². The number of urea groups is 1. The van der Waals surface area contributed by atoms with Crippen molar-refractivity contribution in [2.45, 2.75) is 12.8 Å². The molecule has 2 saturated heterocycles. The highest BCUT2D eigenvalue weighted by atomic mass is 16.5. The highest BCUT2D eigenvalue weighted by Gasteiger charge is 2.25. The molecule has 0 spiro atoms. The molecule has 2 aliphatic rings. The lowest BCUT2D eigenvalue weighted by Gasteiger charge is -2.36. The molecule has 0 aromatic heterocycles. The van der Waals surface area contributed by atoms with Gasteiger partial charge in [0.25, 0.3) is 5.91 Å². The van der Waals surface area contributed by atoms with Crippen molar-refractivity contribution in [3.63, 3.8) is 0 Å². The van der Waals surface area contributed by atoms with Crippen molar-refractivity contribution in [1.82, 2.24) is 9.80 Å². The van der Waals surface area contributed by atoms with Crippen molar-refractivity contribution >= 4 is 17.6 Å². The summed E-state index contributed by atoms with van der Waals surface area (Å²) in [5, 5.41) is 2.51. The van der Waals surface area contributed by atoms with Crippen molar-refractivity contribution in [2.75, 3.05) is 51.3 Å². The molecule has 0 saturated carbocycles. The molecule has 3 rings (SSSR count). The number of ether oxygens (including phenoxy) is 1. The van der Waals surface area contributed by atoms with E-state index in [4.69, 9.17) is 10.5 Å². The third-order valence-corrected chi connectivity index (χ3v) is 4.90. The lowest BCUT2D eigenvalue weighted by molar-refractivity contribution is 0.0243. The maximum Gasteiger partial charge on any atom is 0.316 e. The summed E-state index contributed by atoms with van der Waals surface area (Å²) >= 11 is 0. The number of morpholine rings is 1. The Hall–Kier alpha value is -2.12. The number of hydrogen-bond acceptors (Lipinski definition) is 4. The SMILES string of the molecule is NC(=O)Nc1cccc(C(=O)N2CCC(CN3CCOCC3)CC2)c1. The lowest BCUT2D eigenvalue weighted by atomic mass is 9.95. The number of nitrogens with two attached hydrogens (primary N) is 1. The second kappa shape index (κ2) is 8.31. The van der Waals surface area contributed by atoms with Gasteiger partial charge in [0.1, 0.15) is 0 Å². The van der Waals surface area contributed by atoms with Gasteiger partial charge in [-0.15, -0.1) is 0 Å². The number of amides is 3. The smallest absolute Gasteiger partial charge is 0.316 e. The second-order valence-corrected chi connectivity index (χ2v) is 6.72. The third-order valence-electron chi connectivity index (χ3n) is 4.90. The minimum absolute atomic E-state index is 0.0120. The summed E-state index contributed by atoms with van der Waals surface area (Å²) in [7, 11) is 0. The summed E-state index contributed by atoms with van der Waals surface area (Å²) in [5.74, 6) is 0.656. The molecule has 2 fully saturated rings. The molecule has 2 heterocycles. The van der Waals surface area contributed by atoms with E-state index in [1.165, 1.54) is 0 Å². The second-order valence-electron chi connectivity index (χ2n) is 6.72. The number of rotatable bonds is 4. The van der Waals surface area contributed by atoms with Crippen LogP contribution >= 0.6 is 0 Å². The van der Waals surface area contributed by atoms with E-state index in [9.17, 15) is 9.59 Å². The molecule has 0 bridgehead atoms. The van der Waals surface area contributed by atoms with Crippen LogP contribution < -0.4 is 11.1 Å². The number of benzene rings is 1. The van der Waals surface area contributed by atoms with Gasteiger partial charge in [-0.05, 0) is 37.0 Å². The molecule has 7 nitrogen and oxygen atoms in total. The van der Waals surface area contributed by atoms with Gasteiger partial charge < -0.3 is 20.7 Å². The third kappa shape index (κ3) is 4.93. The van der Waals surface area contributed by atoms with Gasteiger partial charge in [-0.1, -0.05) is 6.07 Å². The predicted molar refractivity (Wildman–Crippen MR) is 95.5 cm³/mol. The Morgan fingerprint density at radius 1 is 1.16 bits per heavy atom. The summed E-state index contributed by atoms with van der Waals surface area (Å²) in [6.45, 7) is 6.34. The van der Waals surface area contributed by atoms with Crippen LogP contribution in [0.3, 0.4) is 0 Å². The fraction of sp³-hybridized carbons (Fsp3) is 0.556. The van der Waals surface area contributed by atoms with Crippen molar-refractivity contribution in [1.29, 1.82) is 0 Å². The van der Waals surface area contributed by atoms with Crippen LogP contribution in [0.2, 0.25) is 0 Å². The zero-order valence-corrected chi connectivity index (χ0v) is 14.4. The number of carbonyl (C=O) groups excluding carboxylic acids is 2. The Kier molecular flexibility index (Phi) is 5.88. The molecule has 0 unspecified atom stereocenters. The number of carbonyl (C=O) groups is 2. The lowest BCUT2D eigenvalue weighted by Crippen LogP contribution is -2.44. The van der Waals surface area contributed by atoms with E-state index in [2.05, 4.69) is 10.2 Å². The summed E-state index contributed by atoms with van der Waals surface area (Å²) in [4.78, 5) is 28.0. The van der Waals surface area contributed by atoms with E-state index < -0.39 is 6.03 Å². The molecule has 0 radical (unpaired) electrons. The van der Waals surface area contributed by atoms with Gasteiger partial charge in [-0.3, -0.25) is 9.69 Å². The number of anilines is 1. The van der Waals surface area contributed by atoms with Gasteiger partial charge in [0.05, 0.1) is 13.2 Å². The molecule has 3 N–H and O–H groups in total. The van der Waals surface area contributed by atoms with Crippen LogP contribution in [0.5, 0.6) is 0 Å². The number of nitrogens with zero attached hydrogens (tertiary/aromatic N) is 2. The Morgan fingerprint density at radius 3 is 2.56 bits per heavy atom. The van der Waals surface area contributed by atoms with E-state index in [0.29, 0.717) is 17.2 Å². The highest BCUT2D eigenvalue weighted by molar-refractivity contribution is 5.96. The van der Waals surface area contributed by atoms with E-state index in [1.807, 2.05) is 4.90 Å². The molecule has 1 aromatic rings. The average molecular weight is 346 g/mol. The first-order chi connectivity index (χ1) is 12.1. The number of likely N-dealkylation sites (tertiary alicyclic amines) is 1. The van der Waals surface area contributed by atoms with Gasteiger partial charge in [-0.25, -0.2) is 4.79 Å². The molecule has 1 aromatic carbocycles. The van der Waals surface area contributed by atoms with Gasteiger partial charge in [0.15, 0.2) is 0 Å². The number of primary amides is 1. The predicted octanol–water partition coefficient (Wildman–Crippen LogP) is 1.36. The summed E-state index contributed by atoms with van der Waals surface area (Å²) < 4.78 is 5.39.